The fourth-order valence-corrected chi connectivity index (χ4v) is 2.93. The summed E-state index contributed by atoms with van der Waals surface area (Å²) in [5.41, 5.74) is 1.06. The van der Waals surface area contributed by atoms with Crippen molar-refractivity contribution in [3.63, 3.8) is 0 Å². The maximum Gasteiger partial charge on any atom is 0.328 e. The summed E-state index contributed by atoms with van der Waals surface area (Å²) in [4.78, 5) is 36.1. The molecular weight excluding hydrogens is 334 g/mol. The highest BCUT2D eigenvalue weighted by molar-refractivity contribution is 5.98. The summed E-state index contributed by atoms with van der Waals surface area (Å²) in [5.74, 6) is -0.831. The average Bonchev–Trinajstić information content (AvgIpc) is 2.62. The number of carbonyl (C=O) groups excluding carboxylic acids is 3. The minimum absolute atomic E-state index is 0.000322. The number of anilines is 1. The lowest BCUT2D eigenvalue weighted by atomic mass is 9.92. The maximum absolute atomic E-state index is 12.3. The highest BCUT2D eigenvalue weighted by Crippen LogP contribution is 2.19. The van der Waals surface area contributed by atoms with Gasteiger partial charge < -0.3 is 20.7 Å². The van der Waals surface area contributed by atoms with Crippen LogP contribution in [0.4, 0.5) is 5.69 Å². The van der Waals surface area contributed by atoms with Gasteiger partial charge in [0.2, 0.25) is 5.91 Å². The van der Waals surface area contributed by atoms with Gasteiger partial charge >= 0.3 is 5.97 Å². The number of hydrogen-bond donors (Lipinski definition) is 3. The monoisotopic (exact) mass is 361 g/mol. The SMILES string of the molecule is CCOC(=O)C(C)NC(=O)c1ccc(NC(=O)[C@H]2CCN[C@@H](C)C2)cc1. The smallest absolute Gasteiger partial charge is 0.328 e. The third kappa shape index (κ3) is 5.56. The third-order valence-electron chi connectivity index (χ3n) is 4.40. The molecule has 1 unspecified atom stereocenters. The van der Waals surface area contributed by atoms with Crippen molar-refractivity contribution in [3.05, 3.63) is 29.8 Å². The second kappa shape index (κ2) is 9.33. The summed E-state index contributed by atoms with van der Waals surface area (Å²) < 4.78 is 4.86. The first kappa shape index (κ1) is 19.9. The topological polar surface area (TPSA) is 96.5 Å². The first-order valence-electron chi connectivity index (χ1n) is 9.02. The summed E-state index contributed by atoms with van der Waals surface area (Å²) in [6, 6.07) is 6.23. The molecule has 2 rings (SSSR count). The lowest BCUT2D eigenvalue weighted by Crippen LogP contribution is -2.40. The van der Waals surface area contributed by atoms with Crippen molar-refractivity contribution >= 4 is 23.5 Å². The van der Waals surface area contributed by atoms with Gasteiger partial charge in [0.15, 0.2) is 0 Å². The predicted molar refractivity (Wildman–Crippen MR) is 98.8 cm³/mol. The molecule has 1 aromatic rings. The number of esters is 1. The fraction of sp³-hybridized carbons (Fsp3) is 0.526. The van der Waals surface area contributed by atoms with Gasteiger partial charge in [-0.2, -0.15) is 0 Å². The molecule has 0 aromatic heterocycles. The summed E-state index contributed by atoms with van der Waals surface area (Å²) >= 11 is 0. The molecule has 0 aliphatic carbocycles. The molecule has 0 bridgehead atoms. The largest absolute Gasteiger partial charge is 0.464 e. The van der Waals surface area contributed by atoms with Crippen LogP contribution in [-0.2, 0) is 14.3 Å². The zero-order chi connectivity index (χ0) is 19.1. The van der Waals surface area contributed by atoms with E-state index in [1.165, 1.54) is 0 Å². The first-order chi connectivity index (χ1) is 12.4. The normalized spacial score (nSPS) is 20.7. The van der Waals surface area contributed by atoms with Crippen LogP contribution in [0.25, 0.3) is 0 Å². The van der Waals surface area contributed by atoms with Crippen LogP contribution in [0.3, 0.4) is 0 Å². The van der Waals surface area contributed by atoms with Crippen molar-refractivity contribution in [2.45, 2.75) is 45.7 Å². The van der Waals surface area contributed by atoms with Gasteiger partial charge in [0.25, 0.3) is 5.91 Å². The van der Waals surface area contributed by atoms with Crippen LogP contribution in [0.1, 0.15) is 44.0 Å². The lowest BCUT2D eigenvalue weighted by Gasteiger charge is -2.27. The number of rotatable bonds is 6. The van der Waals surface area contributed by atoms with Gasteiger partial charge in [0.05, 0.1) is 6.61 Å². The number of benzene rings is 1. The van der Waals surface area contributed by atoms with E-state index in [1.54, 1.807) is 38.1 Å². The van der Waals surface area contributed by atoms with Gasteiger partial charge in [0.1, 0.15) is 6.04 Å². The molecule has 1 aliphatic rings. The molecule has 1 aromatic carbocycles. The molecule has 0 radical (unpaired) electrons. The Morgan fingerprint density at radius 1 is 1.27 bits per heavy atom. The number of hydrogen-bond acceptors (Lipinski definition) is 5. The lowest BCUT2D eigenvalue weighted by molar-refractivity contribution is -0.144. The summed E-state index contributed by atoms with van der Waals surface area (Å²) in [6.45, 7) is 6.47. The van der Waals surface area contributed by atoms with Crippen molar-refractivity contribution in [3.8, 4) is 0 Å². The van der Waals surface area contributed by atoms with Crippen LogP contribution in [0.5, 0.6) is 0 Å². The van der Waals surface area contributed by atoms with Gasteiger partial charge in [-0.15, -0.1) is 0 Å². The Hall–Kier alpha value is -2.41. The van der Waals surface area contributed by atoms with E-state index in [9.17, 15) is 14.4 Å². The van der Waals surface area contributed by atoms with E-state index in [0.717, 1.165) is 19.4 Å². The number of piperidine rings is 1. The third-order valence-corrected chi connectivity index (χ3v) is 4.40. The molecule has 2 amide bonds. The molecule has 3 atom stereocenters. The average molecular weight is 361 g/mol. The number of ether oxygens (including phenoxy) is 1. The van der Waals surface area contributed by atoms with Gasteiger partial charge in [-0.25, -0.2) is 4.79 Å². The molecule has 1 fully saturated rings. The molecule has 7 nitrogen and oxygen atoms in total. The summed E-state index contributed by atoms with van der Waals surface area (Å²) in [5, 5.41) is 8.82. The zero-order valence-electron chi connectivity index (χ0n) is 15.5. The molecule has 1 saturated heterocycles. The Morgan fingerprint density at radius 2 is 1.96 bits per heavy atom. The van der Waals surface area contributed by atoms with Crippen molar-refractivity contribution in [1.29, 1.82) is 0 Å². The van der Waals surface area contributed by atoms with Crippen molar-refractivity contribution in [2.24, 2.45) is 5.92 Å². The van der Waals surface area contributed by atoms with Crippen LogP contribution in [0, 0.1) is 5.92 Å². The van der Waals surface area contributed by atoms with Crippen LogP contribution in [0.2, 0.25) is 0 Å². The molecule has 7 heteroatoms. The van der Waals surface area contributed by atoms with E-state index in [-0.39, 0.29) is 24.3 Å². The number of nitrogens with one attached hydrogen (secondary N) is 3. The molecule has 1 heterocycles. The zero-order valence-corrected chi connectivity index (χ0v) is 15.5. The Morgan fingerprint density at radius 3 is 2.58 bits per heavy atom. The van der Waals surface area contributed by atoms with Crippen LogP contribution in [-0.4, -0.2) is 43.0 Å². The fourth-order valence-electron chi connectivity index (χ4n) is 2.93. The van der Waals surface area contributed by atoms with Gasteiger partial charge in [-0.3, -0.25) is 9.59 Å². The minimum Gasteiger partial charge on any atom is -0.464 e. The second-order valence-corrected chi connectivity index (χ2v) is 6.59. The van der Waals surface area contributed by atoms with Crippen LogP contribution in [0.15, 0.2) is 24.3 Å². The Balaban J connectivity index is 1.90. The molecule has 3 N–H and O–H groups in total. The number of carbonyl (C=O) groups is 3. The van der Waals surface area contributed by atoms with E-state index in [0.29, 0.717) is 17.3 Å². The molecule has 142 valence electrons. The molecule has 1 aliphatic heterocycles. The van der Waals surface area contributed by atoms with Gasteiger partial charge in [0, 0.05) is 23.2 Å². The molecule has 0 spiro atoms. The van der Waals surface area contributed by atoms with Crippen molar-refractivity contribution < 1.29 is 19.1 Å². The Labute approximate surface area is 153 Å². The summed E-state index contributed by atoms with van der Waals surface area (Å²) in [7, 11) is 0. The molecule has 26 heavy (non-hydrogen) atoms. The van der Waals surface area contributed by atoms with E-state index >= 15 is 0 Å². The first-order valence-corrected chi connectivity index (χ1v) is 9.02. The highest BCUT2D eigenvalue weighted by Gasteiger charge is 2.24. The van der Waals surface area contributed by atoms with E-state index < -0.39 is 12.0 Å². The van der Waals surface area contributed by atoms with Crippen LogP contribution < -0.4 is 16.0 Å². The summed E-state index contributed by atoms with van der Waals surface area (Å²) in [6.07, 6.45) is 1.64. The van der Waals surface area contributed by atoms with Gasteiger partial charge in [-0.1, -0.05) is 0 Å². The van der Waals surface area contributed by atoms with E-state index in [2.05, 4.69) is 22.9 Å². The standard InChI is InChI=1S/C19H27N3O4/c1-4-26-19(25)13(3)21-17(23)14-5-7-16(8-6-14)22-18(24)15-9-10-20-12(2)11-15/h5-8,12-13,15,20H,4,9-11H2,1-3H3,(H,21,23)(H,22,24)/t12-,13?,15-/m0/s1. The van der Waals surface area contributed by atoms with E-state index in [1.807, 2.05) is 0 Å². The quantitative estimate of drug-likeness (QED) is 0.670. The highest BCUT2D eigenvalue weighted by atomic mass is 16.5. The molecule has 0 saturated carbocycles. The Bertz CT molecular complexity index is 645. The molecular formula is C19H27N3O4. The van der Waals surface area contributed by atoms with Crippen LogP contribution >= 0.6 is 0 Å². The maximum atomic E-state index is 12.3. The van der Waals surface area contributed by atoms with Gasteiger partial charge in [-0.05, 0) is 64.4 Å². The second-order valence-electron chi connectivity index (χ2n) is 6.59. The minimum atomic E-state index is -0.719. The van der Waals surface area contributed by atoms with Crippen molar-refractivity contribution in [2.75, 3.05) is 18.5 Å². The van der Waals surface area contributed by atoms with Crippen molar-refractivity contribution in [1.82, 2.24) is 10.6 Å². The number of amides is 2. The Kier molecular flexibility index (Phi) is 7.15. The predicted octanol–water partition coefficient (Wildman–Crippen LogP) is 1.69. The van der Waals surface area contributed by atoms with E-state index in [4.69, 9.17) is 4.74 Å².